The highest BCUT2D eigenvalue weighted by atomic mass is 79.9. The van der Waals surface area contributed by atoms with E-state index in [0.29, 0.717) is 5.92 Å². The molecule has 1 atom stereocenters. The Morgan fingerprint density at radius 2 is 2.43 bits per heavy atom. The Kier molecular flexibility index (Phi) is 5.70. The molecule has 0 aliphatic carbocycles. The smallest absolute Gasteiger partial charge is 0.0327 e. The van der Waals surface area contributed by atoms with Gasteiger partial charge in [-0.2, -0.15) is 0 Å². The fraction of sp³-hybridized carbons (Fsp3) is 0.600. The Morgan fingerprint density at radius 3 is 3.00 bits per heavy atom. The third-order valence-electron chi connectivity index (χ3n) is 2.19. The van der Waals surface area contributed by atoms with Crippen molar-refractivity contribution >= 4 is 27.3 Å². The summed E-state index contributed by atoms with van der Waals surface area (Å²) in [5.74, 6) is 0.620. The summed E-state index contributed by atoms with van der Waals surface area (Å²) < 4.78 is 1.21. The van der Waals surface area contributed by atoms with Crippen molar-refractivity contribution in [2.45, 2.75) is 19.9 Å². The Labute approximate surface area is 98.0 Å². The summed E-state index contributed by atoms with van der Waals surface area (Å²) in [6.45, 7) is 4.96. The Hall–Kier alpha value is 0.100. The van der Waals surface area contributed by atoms with Crippen LogP contribution in [0.25, 0.3) is 0 Å². The van der Waals surface area contributed by atoms with Gasteiger partial charge in [-0.15, -0.1) is 11.3 Å². The molecule has 1 rings (SSSR count). The monoisotopic (exact) mass is 276 g/mol. The molecule has 1 heterocycles. The number of rotatable bonds is 6. The van der Waals surface area contributed by atoms with E-state index in [4.69, 9.17) is 5.73 Å². The van der Waals surface area contributed by atoms with Gasteiger partial charge in [-0.3, -0.25) is 0 Å². The largest absolute Gasteiger partial charge is 0.330 e. The maximum absolute atomic E-state index is 5.54. The number of nitrogens with one attached hydrogen (secondary N) is 1. The average molecular weight is 277 g/mol. The Bertz CT molecular complexity index is 262. The zero-order valence-corrected chi connectivity index (χ0v) is 10.8. The van der Waals surface area contributed by atoms with Crippen LogP contribution < -0.4 is 11.1 Å². The maximum Gasteiger partial charge on any atom is 0.0327 e. The molecule has 4 heteroatoms. The van der Waals surface area contributed by atoms with Crippen LogP contribution in [-0.4, -0.2) is 13.1 Å². The molecule has 0 radical (unpaired) electrons. The molecular formula is C10H17BrN2S. The van der Waals surface area contributed by atoms with Gasteiger partial charge in [0.2, 0.25) is 0 Å². The van der Waals surface area contributed by atoms with Crippen LogP contribution in [0.1, 0.15) is 18.2 Å². The molecule has 0 saturated heterocycles. The lowest BCUT2D eigenvalue weighted by Gasteiger charge is -2.08. The number of hydrogen-bond acceptors (Lipinski definition) is 3. The summed E-state index contributed by atoms with van der Waals surface area (Å²) in [5, 5.41) is 5.52. The molecule has 0 aliphatic heterocycles. The van der Waals surface area contributed by atoms with E-state index >= 15 is 0 Å². The van der Waals surface area contributed by atoms with Gasteiger partial charge < -0.3 is 11.1 Å². The number of nitrogens with two attached hydrogens (primary N) is 1. The van der Waals surface area contributed by atoms with Gasteiger partial charge in [0.25, 0.3) is 0 Å². The van der Waals surface area contributed by atoms with Crippen molar-refractivity contribution in [3.8, 4) is 0 Å². The first-order valence-electron chi connectivity index (χ1n) is 4.86. The lowest BCUT2D eigenvalue weighted by molar-refractivity contribution is 0.510. The molecule has 0 aliphatic rings. The van der Waals surface area contributed by atoms with Crippen LogP contribution in [0.4, 0.5) is 0 Å². The molecule has 0 amide bonds. The van der Waals surface area contributed by atoms with E-state index in [1.807, 2.05) is 0 Å². The summed E-state index contributed by atoms with van der Waals surface area (Å²) in [7, 11) is 0. The first-order chi connectivity index (χ1) is 6.74. The van der Waals surface area contributed by atoms with Gasteiger partial charge in [-0.1, -0.05) is 6.92 Å². The standard InChI is InChI=1S/C10H17BrN2S/c1-8(6-12)2-4-13-7-10-9(11)3-5-14-10/h3,5,8,13H,2,4,6-7,12H2,1H3. The van der Waals surface area contributed by atoms with E-state index in [9.17, 15) is 0 Å². The van der Waals surface area contributed by atoms with Crippen LogP contribution in [0.15, 0.2) is 15.9 Å². The second-order valence-electron chi connectivity index (χ2n) is 3.50. The van der Waals surface area contributed by atoms with E-state index in [1.54, 1.807) is 11.3 Å². The maximum atomic E-state index is 5.54. The van der Waals surface area contributed by atoms with Gasteiger partial charge in [-0.25, -0.2) is 0 Å². The van der Waals surface area contributed by atoms with E-state index in [1.165, 1.54) is 9.35 Å². The van der Waals surface area contributed by atoms with E-state index in [2.05, 4.69) is 39.6 Å². The van der Waals surface area contributed by atoms with E-state index in [-0.39, 0.29) is 0 Å². The molecule has 0 saturated carbocycles. The Balaban J connectivity index is 2.13. The molecule has 0 fully saturated rings. The first kappa shape index (κ1) is 12.2. The zero-order valence-electron chi connectivity index (χ0n) is 8.42. The lowest BCUT2D eigenvalue weighted by atomic mass is 10.1. The van der Waals surface area contributed by atoms with Crippen molar-refractivity contribution in [1.29, 1.82) is 0 Å². The molecule has 1 unspecified atom stereocenters. The third kappa shape index (κ3) is 4.09. The zero-order chi connectivity index (χ0) is 10.4. The van der Waals surface area contributed by atoms with Crippen LogP contribution in [-0.2, 0) is 6.54 Å². The van der Waals surface area contributed by atoms with Crippen molar-refractivity contribution < 1.29 is 0 Å². The van der Waals surface area contributed by atoms with Gasteiger partial charge in [0.05, 0.1) is 0 Å². The van der Waals surface area contributed by atoms with Gasteiger partial charge in [-0.05, 0) is 52.8 Å². The fourth-order valence-electron chi connectivity index (χ4n) is 1.12. The van der Waals surface area contributed by atoms with Gasteiger partial charge in [0.15, 0.2) is 0 Å². The average Bonchev–Trinajstić information content (AvgIpc) is 2.58. The molecule has 0 aromatic carbocycles. The number of thiophene rings is 1. The van der Waals surface area contributed by atoms with Crippen molar-refractivity contribution in [2.24, 2.45) is 11.7 Å². The molecule has 3 N–H and O–H groups in total. The molecule has 0 spiro atoms. The third-order valence-corrected chi connectivity index (χ3v) is 4.12. The van der Waals surface area contributed by atoms with Crippen LogP contribution >= 0.6 is 27.3 Å². The van der Waals surface area contributed by atoms with Crippen molar-refractivity contribution in [3.05, 3.63) is 20.8 Å². The van der Waals surface area contributed by atoms with Crippen LogP contribution in [0.2, 0.25) is 0 Å². The quantitative estimate of drug-likeness (QED) is 0.784. The highest BCUT2D eigenvalue weighted by Gasteiger charge is 2.01. The molecular weight excluding hydrogens is 260 g/mol. The van der Waals surface area contributed by atoms with Crippen molar-refractivity contribution in [1.82, 2.24) is 5.32 Å². The molecule has 14 heavy (non-hydrogen) atoms. The summed E-state index contributed by atoms with van der Waals surface area (Å²) >= 11 is 5.29. The summed E-state index contributed by atoms with van der Waals surface area (Å²) in [5.41, 5.74) is 5.54. The normalized spacial score (nSPS) is 13.1. The first-order valence-corrected chi connectivity index (χ1v) is 6.54. The molecule has 80 valence electrons. The minimum absolute atomic E-state index is 0.620. The highest BCUT2D eigenvalue weighted by molar-refractivity contribution is 9.10. The summed E-state index contributed by atoms with van der Waals surface area (Å²) in [4.78, 5) is 1.37. The minimum atomic E-state index is 0.620. The van der Waals surface area contributed by atoms with E-state index in [0.717, 1.165) is 26.1 Å². The molecule has 0 bridgehead atoms. The molecule has 1 aromatic rings. The fourth-order valence-corrected chi connectivity index (χ4v) is 2.58. The highest BCUT2D eigenvalue weighted by Crippen LogP contribution is 2.22. The van der Waals surface area contributed by atoms with E-state index < -0.39 is 0 Å². The second-order valence-corrected chi connectivity index (χ2v) is 5.35. The van der Waals surface area contributed by atoms with Crippen LogP contribution in [0, 0.1) is 5.92 Å². The molecule has 1 aromatic heterocycles. The summed E-state index contributed by atoms with van der Waals surface area (Å²) in [6.07, 6.45) is 1.15. The van der Waals surface area contributed by atoms with Crippen molar-refractivity contribution in [3.63, 3.8) is 0 Å². The van der Waals surface area contributed by atoms with Crippen LogP contribution in [0.3, 0.4) is 0 Å². The van der Waals surface area contributed by atoms with Gasteiger partial charge in [0, 0.05) is 15.9 Å². The number of halogens is 1. The number of hydrogen-bond donors (Lipinski definition) is 2. The second kappa shape index (κ2) is 6.56. The predicted octanol–water partition coefficient (Wildman–Crippen LogP) is 2.59. The predicted molar refractivity (Wildman–Crippen MR) is 66.6 cm³/mol. The van der Waals surface area contributed by atoms with Crippen molar-refractivity contribution in [2.75, 3.05) is 13.1 Å². The minimum Gasteiger partial charge on any atom is -0.330 e. The van der Waals surface area contributed by atoms with Gasteiger partial charge >= 0.3 is 0 Å². The SMILES string of the molecule is CC(CN)CCNCc1sccc1Br. The topological polar surface area (TPSA) is 38.0 Å². The summed E-state index contributed by atoms with van der Waals surface area (Å²) in [6, 6.07) is 2.09. The Morgan fingerprint density at radius 1 is 1.64 bits per heavy atom. The van der Waals surface area contributed by atoms with Crippen LogP contribution in [0.5, 0.6) is 0 Å². The lowest BCUT2D eigenvalue weighted by Crippen LogP contribution is -2.20. The molecule has 2 nitrogen and oxygen atoms in total. The van der Waals surface area contributed by atoms with Gasteiger partial charge in [0.1, 0.15) is 0 Å².